The standard InChI is InChI=1S/C41H56N6O8S/c1-2-28-20-21-41(28,39(51)45-56(52,53)30-18-19-30)44-36(48)33-23-29-24-47(33)38(50)35(27-12-5-6-13-27)42-25-54-34-17-10-14-26(34)11-4-3-9-22-46-37(49)31-15-7-8-16-32(31)43-40(46)55-29/h2,7-8,15-16,26-30,33-35,42H,1,3-6,9-14,17-25H2,(H,44,48)(H,45,51)/t26-,28-,29-,33+,34-,35+,41-/m1/s1. The molecule has 15 heteroatoms. The molecule has 2 bridgehead atoms. The fraction of sp³-hybridized carbons (Fsp3) is 0.683. The van der Waals surface area contributed by atoms with E-state index in [1.807, 2.05) is 12.1 Å². The van der Waals surface area contributed by atoms with Gasteiger partial charge in [-0.2, -0.15) is 4.98 Å². The molecule has 4 saturated carbocycles. The van der Waals surface area contributed by atoms with Crippen LogP contribution < -0.4 is 25.7 Å². The highest BCUT2D eigenvalue weighted by Crippen LogP contribution is 2.41. The summed E-state index contributed by atoms with van der Waals surface area (Å²) in [5, 5.41) is 6.29. The predicted molar refractivity (Wildman–Crippen MR) is 209 cm³/mol. The van der Waals surface area contributed by atoms with Gasteiger partial charge in [0.25, 0.3) is 17.5 Å². The number of carbonyl (C=O) groups is 3. The molecule has 304 valence electrons. The number of para-hydroxylation sites is 1. The van der Waals surface area contributed by atoms with Crippen molar-refractivity contribution in [2.24, 2.45) is 17.8 Å². The monoisotopic (exact) mass is 792 g/mol. The molecular formula is C41H56N6O8S. The number of hydrogen-bond donors (Lipinski definition) is 3. The van der Waals surface area contributed by atoms with Gasteiger partial charge in [0.05, 0.1) is 41.6 Å². The number of nitrogens with one attached hydrogen (secondary N) is 3. The van der Waals surface area contributed by atoms with Crippen molar-refractivity contribution in [3.63, 3.8) is 0 Å². The van der Waals surface area contributed by atoms with Crippen LogP contribution in [0.15, 0.2) is 41.7 Å². The lowest BCUT2D eigenvalue weighted by Crippen LogP contribution is -2.70. The first-order chi connectivity index (χ1) is 27.1. The average molecular weight is 793 g/mol. The van der Waals surface area contributed by atoms with Crippen LogP contribution >= 0.6 is 0 Å². The van der Waals surface area contributed by atoms with Gasteiger partial charge < -0.3 is 19.7 Å². The minimum atomic E-state index is -3.89. The van der Waals surface area contributed by atoms with Crippen molar-refractivity contribution in [3.8, 4) is 6.01 Å². The average Bonchev–Trinajstić information content (AvgIpc) is 3.51. The normalized spacial score (nSPS) is 32.0. The summed E-state index contributed by atoms with van der Waals surface area (Å²) in [6.07, 6.45) is 13.5. The first-order valence-electron chi connectivity index (χ1n) is 20.9. The molecule has 6 aliphatic rings. The van der Waals surface area contributed by atoms with Crippen molar-refractivity contribution in [1.82, 2.24) is 29.8 Å². The third-order valence-electron chi connectivity index (χ3n) is 13.4. The van der Waals surface area contributed by atoms with Crippen LogP contribution in [0.5, 0.6) is 6.01 Å². The summed E-state index contributed by atoms with van der Waals surface area (Å²) in [4.78, 5) is 63.6. The fourth-order valence-electron chi connectivity index (χ4n) is 9.93. The topological polar surface area (TPSA) is 178 Å². The van der Waals surface area contributed by atoms with Crippen molar-refractivity contribution in [3.05, 3.63) is 47.3 Å². The molecule has 5 fully saturated rings. The molecule has 3 amide bonds. The van der Waals surface area contributed by atoms with E-state index in [4.69, 9.17) is 14.5 Å². The minimum Gasteiger partial charge on any atom is -0.459 e. The summed E-state index contributed by atoms with van der Waals surface area (Å²) in [5.74, 6) is -1.62. The Bertz CT molecular complexity index is 2000. The number of aromatic nitrogens is 2. The van der Waals surface area contributed by atoms with Gasteiger partial charge in [0.1, 0.15) is 17.7 Å². The van der Waals surface area contributed by atoms with Gasteiger partial charge in [-0.3, -0.25) is 33.8 Å². The molecule has 1 aromatic carbocycles. The van der Waals surface area contributed by atoms with Crippen LogP contribution in [-0.2, 0) is 35.7 Å². The molecule has 1 saturated heterocycles. The molecule has 3 heterocycles. The number of sulfonamides is 1. The van der Waals surface area contributed by atoms with Gasteiger partial charge in [0.15, 0.2) is 0 Å². The van der Waals surface area contributed by atoms with Crippen LogP contribution in [-0.4, -0.2) is 88.9 Å². The Balaban J connectivity index is 1.13. The van der Waals surface area contributed by atoms with E-state index in [1.54, 1.807) is 27.7 Å². The van der Waals surface area contributed by atoms with Gasteiger partial charge in [-0.05, 0) is 88.2 Å². The number of ether oxygens (including phenoxy) is 2. The maximum Gasteiger partial charge on any atom is 0.300 e. The first-order valence-corrected chi connectivity index (χ1v) is 22.4. The lowest BCUT2D eigenvalue weighted by atomic mass is 9.66. The van der Waals surface area contributed by atoms with E-state index in [-0.39, 0.29) is 55.6 Å². The smallest absolute Gasteiger partial charge is 0.300 e. The van der Waals surface area contributed by atoms with E-state index in [0.29, 0.717) is 42.6 Å². The highest BCUT2D eigenvalue weighted by atomic mass is 32.2. The molecule has 0 unspecified atom stereocenters. The summed E-state index contributed by atoms with van der Waals surface area (Å²) in [7, 11) is -3.89. The van der Waals surface area contributed by atoms with Gasteiger partial charge in [-0.1, -0.05) is 50.3 Å². The number of amides is 3. The van der Waals surface area contributed by atoms with E-state index < -0.39 is 56.7 Å². The van der Waals surface area contributed by atoms with E-state index in [2.05, 4.69) is 21.9 Å². The number of nitrogens with zero attached hydrogens (tertiary/aromatic N) is 3. The van der Waals surface area contributed by atoms with Crippen LogP contribution in [0, 0.1) is 17.8 Å². The zero-order chi connectivity index (χ0) is 39.0. The molecule has 2 aliphatic heterocycles. The van der Waals surface area contributed by atoms with Crippen LogP contribution in [0.2, 0.25) is 0 Å². The molecule has 7 atom stereocenters. The fourth-order valence-corrected chi connectivity index (χ4v) is 11.3. The summed E-state index contributed by atoms with van der Waals surface area (Å²) in [6, 6.07) is 5.66. The predicted octanol–water partition coefficient (Wildman–Crippen LogP) is 3.67. The number of benzene rings is 1. The quantitative estimate of drug-likeness (QED) is 0.351. The Labute approximate surface area is 328 Å². The van der Waals surface area contributed by atoms with Crippen molar-refractivity contribution in [2.75, 3.05) is 13.3 Å². The number of hydrogen-bond acceptors (Lipinski definition) is 10. The molecule has 0 radical (unpaired) electrons. The molecule has 0 spiro atoms. The third kappa shape index (κ3) is 7.75. The van der Waals surface area contributed by atoms with E-state index >= 15 is 0 Å². The lowest BCUT2D eigenvalue weighted by molar-refractivity contribution is -0.145. The highest BCUT2D eigenvalue weighted by Gasteiger charge is 2.56. The SMILES string of the molecule is C=C[C@@H]1CC[C@]1(NC(=O)[C@@H]1C[C@@H]2CN1C(=O)[C@H](C1CCCC1)NCO[C@@H]1CCC[C@H]1CCCCCn1c(nc3ccccc3c1=O)O2)C(=O)NS(=O)(=O)C1CC1. The number of fused-ring (bicyclic) bond motifs is 5. The Morgan fingerprint density at radius 2 is 1.70 bits per heavy atom. The Hall–Kier alpha value is -3.82. The summed E-state index contributed by atoms with van der Waals surface area (Å²) >= 11 is 0. The Kier molecular flexibility index (Phi) is 11.3. The first kappa shape index (κ1) is 39.0. The van der Waals surface area contributed by atoms with Crippen molar-refractivity contribution in [2.45, 2.75) is 144 Å². The second-order valence-electron chi connectivity index (χ2n) is 17.0. The molecule has 8 rings (SSSR count). The van der Waals surface area contributed by atoms with Crippen LogP contribution in [0.25, 0.3) is 10.9 Å². The molecule has 1 aromatic heterocycles. The van der Waals surface area contributed by atoms with Gasteiger partial charge in [-0.15, -0.1) is 6.58 Å². The Morgan fingerprint density at radius 1 is 0.946 bits per heavy atom. The van der Waals surface area contributed by atoms with Crippen LogP contribution in [0.4, 0.5) is 0 Å². The van der Waals surface area contributed by atoms with Crippen molar-refractivity contribution in [1.29, 1.82) is 0 Å². The van der Waals surface area contributed by atoms with Gasteiger partial charge in [0.2, 0.25) is 21.8 Å². The largest absolute Gasteiger partial charge is 0.459 e. The summed E-state index contributed by atoms with van der Waals surface area (Å²) < 4.78 is 42.7. The highest BCUT2D eigenvalue weighted by molar-refractivity contribution is 7.91. The summed E-state index contributed by atoms with van der Waals surface area (Å²) in [5.41, 5.74) is -1.24. The molecule has 2 aromatic rings. The van der Waals surface area contributed by atoms with E-state index in [9.17, 15) is 27.6 Å². The molecule has 4 aliphatic carbocycles. The number of rotatable bonds is 7. The zero-order valence-electron chi connectivity index (χ0n) is 32.2. The molecule has 3 N–H and O–H groups in total. The maximum atomic E-state index is 14.9. The minimum absolute atomic E-state index is 0.0496. The van der Waals surface area contributed by atoms with Crippen molar-refractivity contribution < 1.29 is 32.3 Å². The van der Waals surface area contributed by atoms with Gasteiger partial charge in [-0.25, -0.2) is 8.42 Å². The zero-order valence-corrected chi connectivity index (χ0v) is 33.0. The van der Waals surface area contributed by atoms with Crippen LogP contribution in [0.1, 0.15) is 103 Å². The lowest BCUT2D eigenvalue weighted by Gasteiger charge is -2.47. The van der Waals surface area contributed by atoms with E-state index in [0.717, 1.165) is 70.6 Å². The second kappa shape index (κ2) is 16.2. The number of carbonyl (C=O) groups excluding carboxylic acids is 3. The molecule has 56 heavy (non-hydrogen) atoms. The molecule has 14 nitrogen and oxygen atoms in total. The Morgan fingerprint density at radius 3 is 2.45 bits per heavy atom. The maximum absolute atomic E-state index is 14.9. The van der Waals surface area contributed by atoms with Gasteiger partial charge >= 0.3 is 0 Å². The molecular weight excluding hydrogens is 737 g/mol. The van der Waals surface area contributed by atoms with Crippen molar-refractivity contribution >= 4 is 38.6 Å². The van der Waals surface area contributed by atoms with Gasteiger partial charge in [0, 0.05) is 18.9 Å². The third-order valence-corrected chi connectivity index (χ3v) is 15.3. The summed E-state index contributed by atoms with van der Waals surface area (Å²) in [6.45, 7) is 4.57. The van der Waals surface area contributed by atoms with E-state index in [1.165, 1.54) is 0 Å². The van der Waals surface area contributed by atoms with Crippen LogP contribution in [0.3, 0.4) is 0 Å². The second-order valence-corrected chi connectivity index (χ2v) is 18.9.